The molecule has 0 saturated carbocycles. The average molecular weight is 899 g/mol. The Balaban J connectivity index is 0.000000473. The van der Waals surface area contributed by atoms with Gasteiger partial charge in [0.1, 0.15) is 17.6 Å². The monoisotopic (exact) mass is 898 g/mol. The number of nitrogens with one attached hydrogen (secondary N) is 4. The van der Waals surface area contributed by atoms with Crippen molar-refractivity contribution in [1.29, 1.82) is 0 Å². The van der Waals surface area contributed by atoms with E-state index in [4.69, 9.17) is 15.3 Å². The second-order valence-electron chi connectivity index (χ2n) is 15.3. The van der Waals surface area contributed by atoms with E-state index < -0.39 is 35.8 Å². The van der Waals surface area contributed by atoms with Crippen LogP contribution in [0.2, 0.25) is 0 Å². The summed E-state index contributed by atoms with van der Waals surface area (Å²) >= 11 is 0. The first kappa shape index (κ1) is 54.2. The van der Waals surface area contributed by atoms with Crippen molar-refractivity contribution in [3.05, 3.63) is 65.2 Å². The highest BCUT2D eigenvalue weighted by Crippen LogP contribution is 2.12. The summed E-state index contributed by atoms with van der Waals surface area (Å²) in [5.41, 5.74) is 1.92. The number of carbonyl (C=O) groups excluding carboxylic acids is 5. The molecule has 0 aliphatic carbocycles. The molecular formula is C44H66N8O12. The molecule has 1 fully saturated rings. The van der Waals surface area contributed by atoms with E-state index in [1.807, 2.05) is 23.6 Å². The molecule has 354 valence electrons. The van der Waals surface area contributed by atoms with E-state index in [9.17, 15) is 43.5 Å². The number of benzene rings is 2. The maximum absolute atomic E-state index is 12.9. The highest BCUT2D eigenvalue weighted by molar-refractivity contribution is 5.97. The molecule has 8 N–H and O–H groups in total. The number of rotatable bonds is 24. The summed E-state index contributed by atoms with van der Waals surface area (Å²) in [5.74, 6) is -3.78. The van der Waals surface area contributed by atoms with Gasteiger partial charge in [0.2, 0.25) is 18.2 Å². The largest absolute Gasteiger partial charge is 0.508 e. The number of hydrogen-bond acceptors (Lipinski definition) is 13. The standard InChI is InChI=1S/C28H36N4O6.C16H30N4O6/c1-2-23(34)6-4-3-5-15-30-28(38)25(16-20-9-13-24(35)14-10-20)32-26(36)18-31-27(37)22-11-7-21(8-12-22)17-29-19-33;1-2-17-3-5-18(11-14(21)22)7-9-20(13-16(25)26)10-8-19(6-4-17)12-15(23)24/h7-14,19,25,35H,2-6,15-18H2,1H3,(H,29,33)(H,30,38)(H,31,37)(H,32,36);2-13H2,1H3,(H,21,22)(H,23,24)(H,25,26)/t25-;/m0./s1. The first-order valence-electron chi connectivity index (χ1n) is 21.6. The number of aliphatic carboxylic acids is 3. The number of carboxylic acids is 3. The summed E-state index contributed by atoms with van der Waals surface area (Å²) < 4.78 is 0. The number of aromatic hydroxyl groups is 1. The zero-order valence-electron chi connectivity index (χ0n) is 37.0. The van der Waals surface area contributed by atoms with Crippen LogP contribution in [-0.2, 0) is 46.5 Å². The number of carbonyl (C=O) groups is 8. The summed E-state index contributed by atoms with van der Waals surface area (Å²) in [6.45, 7) is 9.04. The Hall–Kier alpha value is -5.96. The highest BCUT2D eigenvalue weighted by atomic mass is 16.4. The number of phenols is 1. The fourth-order valence-electron chi connectivity index (χ4n) is 6.60. The van der Waals surface area contributed by atoms with E-state index >= 15 is 0 Å². The molecule has 1 aliphatic rings. The van der Waals surface area contributed by atoms with Crippen molar-refractivity contribution >= 4 is 47.8 Å². The van der Waals surface area contributed by atoms with Crippen molar-refractivity contribution in [2.45, 2.75) is 65.0 Å². The van der Waals surface area contributed by atoms with Crippen molar-refractivity contribution in [2.75, 3.05) is 91.6 Å². The lowest BCUT2D eigenvalue weighted by atomic mass is 10.0. The first-order chi connectivity index (χ1) is 30.6. The van der Waals surface area contributed by atoms with Crippen molar-refractivity contribution in [3.8, 4) is 5.75 Å². The molecule has 2 aromatic carbocycles. The van der Waals surface area contributed by atoms with Crippen molar-refractivity contribution in [1.82, 2.24) is 40.9 Å². The van der Waals surface area contributed by atoms with Gasteiger partial charge in [-0.2, -0.15) is 0 Å². The molecule has 0 spiro atoms. The van der Waals surface area contributed by atoms with E-state index in [-0.39, 0.29) is 50.0 Å². The number of unbranched alkanes of at least 4 members (excludes halogenated alkanes) is 2. The Morgan fingerprint density at radius 2 is 1.16 bits per heavy atom. The Labute approximate surface area is 374 Å². The van der Waals surface area contributed by atoms with Crippen LogP contribution in [0.3, 0.4) is 0 Å². The highest BCUT2D eigenvalue weighted by Gasteiger charge is 2.22. The number of amides is 4. The van der Waals surface area contributed by atoms with Gasteiger partial charge in [-0.15, -0.1) is 0 Å². The summed E-state index contributed by atoms with van der Waals surface area (Å²) in [6.07, 6.45) is 4.15. The molecule has 1 heterocycles. The van der Waals surface area contributed by atoms with Crippen LogP contribution < -0.4 is 21.3 Å². The van der Waals surface area contributed by atoms with Crippen LogP contribution >= 0.6 is 0 Å². The molecule has 2 aromatic rings. The normalized spacial score (nSPS) is 14.8. The molecule has 1 atom stereocenters. The number of nitrogens with zero attached hydrogens (tertiary/aromatic N) is 4. The van der Waals surface area contributed by atoms with Crippen LogP contribution in [0.15, 0.2) is 48.5 Å². The molecule has 4 amide bonds. The van der Waals surface area contributed by atoms with Crippen LogP contribution in [0.4, 0.5) is 0 Å². The van der Waals surface area contributed by atoms with Crippen LogP contribution in [0.25, 0.3) is 0 Å². The molecular weight excluding hydrogens is 833 g/mol. The third-order valence-electron chi connectivity index (χ3n) is 10.3. The maximum atomic E-state index is 12.9. The molecule has 0 unspecified atom stereocenters. The van der Waals surface area contributed by atoms with E-state index in [0.717, 1.165) is 30.5 Å². The fourth-order valence-corrected chi connectivity index (χ4v) is 6.60. The predicted molar refractivity (Wildman–Crippen MR) is 237 cm³/mol. The van der Waals surface area contributed by atoms with Gasteiger partial charge in [-0.05, 0) is 54.8 Å². The third kappa shape index (κ3) is 24.0. The fraction of sp³-hybridized carbons (Fsp3) is 0.545. The Kier molecular flexibility index (Phi) is 26.2. The molecule has 1 saturated heterocycles. The van der Waals surface area contributed by atoms with Crippen LogP contribution in [-0.4, -0.2) is 186 Å². The Morgan fingerprint density at radius 1 is 0.656 bits per heavy atom. The average Bonchev–Trinajstić information content (AvgIpc) is 3.26. The van der Waals surface area contributed by atoms with E-state index in [1.54, 1.807) is 41.3 Å². The Morgan fingerprint density at radius 3 is 1.62 bits per heavy atom. The van der Waals surface area contributed by atoms with Crippen LogP contribution in [0.5, 0.6) is 5.75 Å². The summed E-state index contributed by atoms with van der Waals surface area (Å²) in [6, 6.07) is 12.0. The minimum Gasteiger partial charge on any atom is -0.508 e. The molecule has 64 heavy (non-hydrogen) atoms. The number of ketones is 1. The number of Topliss-reactive ketones (excluding diaryl/α,β-unsaturated/α-hetero) is 1. The molecule has 0 radical (unpaired) electrons. The van der Waals surface area contributed by atoms with Gasteiger partial charge in [0.05, 0.1) is 26.2 Å². The van der Waals surface area contributed by atoms with Crippen LogP contribution in [0.1, 0.15) is 67.4 Å². The molecule has 3 rings (SSSR count). The van der Waals surface area contributed by atoms with Crippen LogP contribution in [0, 0.1) is 0 Å². The molecule has 20 nitrogen and oxygen atoms in total. The van der Waals surface area contributed by atoms with E-state index in [0.29, 0.717) is 96.7 Å². The second kappa shape index (κ2) is 31.0. The lowest BCUT2D eigenvalue weighted by molar-refractivity contribution is -0.140. The van der Waals surface area contributed by atoms with Crippen molar-refractivity contribution in [2.24, 2.45) is 0 Å². The SMILES string of the molecule is CCC(=O)CCCCCNC(=O)[C@H](Cc1ccc(O)cc1)NC(=O)CNC(=O)c1ccc(CNC=O)cc1.CCN1CCN(CC(=O)O)CCN(CC(=O)O)CCN(CC(=O)O)CC1. The van der Waals surface area contributed by atoms with Gasteiger partial charge in [-0.25, -0.2) is 0 Å². The number of likely N-dealkylation sites (N-methyl/N-ethyl adjacent to an activating group) is 1. The summed E-state index contributed by atoms with van der Waals surface area (Å²) in [4.78, 5) is 100. The Bertz CT molecular complexity index is 1750. The first-order valence-corrected chi connectivity index (χ1v) is 21.6. The van der Waals surface area contributed by atoms with Crippen molar-refractivity contribution < 1.29 is 58.8 Å². The van der Waals surface area contributed by atoms with E-state index in [1.165, 1.54) is 12.1 Å². The zero-order chi connectivity index (χ0) is 47.3. The number of phenolic OH excluding ortho intramolecular Hbond substituents is 1. The molecule has 0 bridgehead atoms. The smallest absolute Gasteiger partial charge is 0.317 e. The van der Waals surface area contributed by atoms with Gasteiger partial charge in [0.15, 0.2) is 0 Å². The minimum absolute atomic E-state index is 0.0798. The second-order valence-corrected chi connectivity index (χ2v) is 15.3. The van der Waals surface area contributed by atoms with Gasteiger partial charge in [-0.3, -0.25) is 53.1 Å². The predicted octanol–water partition coefficient (Wildman–Crippen LogP) is 0.233. The summed E-state index contributed by atoms with van der Waals surface area (Å²) in [5, 5.41) is 47.4. The maximum Gasteiger partial charge on any atom is 0.317 e. The summed E-state index contributed by atoms with van der Waals surface area (Å²) in [7, 11) is 0. The van der Waals surface area contributed by atoms with E-state index in [2.05, 4.69) is 26.2 Å². The molecule has 0 aromatic heterocycles. The molecule has 1 aliphatic heterocycles. The van der Waals surface area contributed by atoms with Gasteiger partial charge in [0, 0.05) is 90.3 Å². The molecule has 20 heteroatoms. The lowest BCUT2D eigenvalue weighted by Crippen LogP contribution is -2.50. The van der Waals surface area contributed by atoms with Gasteiger partial charge in [-0.1, -0.05) is 44.5 Å². The van der Waals surface area contributed by atoms with Gasteiger partial charge >= 0.3 is 17.9 Å². The lowest BCUT2D eigenvalue weighted by Gasteiger charge is -2.32. The van der Waals surface area contributed by atoms with Gasteiger partial charge in [0.25, 0.3) is 5.91 Å². The third-order valence-corrected chi connectivity index (χ3v) is 10.3. The quantitative estimate of drug-likeness (QED) is 0.0518. The minimum atomic E-state index is -0.955. The van der Waals surface area contributed by atoms with Gasteiger partial charge < -0.3 is 46.6 Å². The van der Waals surface area contributed by atoms with Crippen molar-refractivity contribution in [3.63, 3.8) is 0 Å². The zero-order valence-corrected chi connectivity index (χ0v) is 37.0. The number of hydrogen-bond donors (Lipinski definition) is 8. The topological polar surface area (TPSA) is 279 Å². The number of carboxylic acid groups (broad SMARTS) is 3.